The number of hydrogen-bond acceptors (Lipinski definition) is 5. The number of thiophene rings is 1. The summed E-state index contributed by atoms with van der Waals surface area (Å²) in [6.07, 6.45) is 2.31. The summed E-state index contributed by atoms with van der Waals surface area (Å²) in [7, 11) is 0. The van der Waals surface area contributed by atoms with Crippen molar-refractivity contribution in [1.82, 2.24) is 29.1 Å². The number of rotatable bonds is 6. The van der Waals surface area contributed by atoms with Gasteiger partial charge >= 0.3 is 0 Å². The Morgan fingerprint density at radius 2 is 0.932 bits per heavy atom. The molecule has 0 N–H and O–H groups in total. The highest BCUT2D eigenvalue weighted by molar-refractivity contribution is 7.20. The van der Waals surface area contributed by atoms with E-state index in [0.717, 1.165) is 101 Å². The van der Waals surface area contributed by atoms with Gasteiger partial charge in [0.15, 0.2) is 0 Å². The zero-order chi connectivity index (χ0) is 39.5. The van der Waals surface area contributed by atoms with Crippen LogP contribution in [0.2, 0.25) is 0 Å². The molecule has 7 heteroatoms. The van der Waals surface area contributed by atoms with E-state index in [9.17, 15) is 0 Å². The normalized spacial score (nSPS) is 18.0. The number of aromatic nitrogens is 6. The SMILES string of the molecule is CC12CCC(c3nc4c(-c5ccc(-c6nc7ccccc7n6-c6ccccc6)cc5)sc(-c5ccc(-c6nc7ccccc7n6-c6ccccc6)cc5)c4nc31)C2(C)C. The Morgan fingerprint density at radius 3 is 1.44 bits per heavy atom. The van der Waals surface area contributed by atoms with Gasteiger partial charge < -0.3 is 0 Å². The average molecular weight is 781 g/mol. The lowest BCUT2D eigenvalue weighted by molar-refractivity contribution is 0.227. The van der Waals surface area contributed by atoms with Gasteiger partial charge in [0, 0.05) is 33.8 Å². The molecule has 0 saturated heterocycles. The summed E-state index contributed by atoms with van der Waals surface area (Å²) in [6.45, 7) is 7.26. The van der Waals surface area contributed by atoms with Crippen molar-refractivity contribution in [3.8, 4) is 55.0 Å². The van der Waals surface area contributed by atoms with Crippen molar-refractivity contribution in [3.63, 3.8) is 0 Å². The summed E-state index contributed by atoms with van der Waals surface area (Å²) in [4.78, 5) is 23.8. The van der Waals surface area contributed by atoms with Gasteiger partial charge in [0.05, 0.1) is 43.2 Å². The van der Waals surface area contributed by atoms with Crippen LogP contribution < -0.4 is 0 Å². The molecule has 1 saturated carbocycles. The Morgan fingerprint density at radius 1 is 0.492 bits per heavy atom. The van der Waals surface area contributed by atoms with Crippen molar-refractivity contribution in [3.05, 3.63) is 169 Å². The fourth-order valence-electron chi connectivity index (χ4n) is 10.1. The highest BCUT2D eigenvalue weighted by Gasteiger charge is 2.61. The molecule has 284 valence electrons. The van der Waals surface area contributed by atoms with Crippen LogP contribution >= 0.6 is 11.3 Å². The highest BCUT2D eigenvalue weighted by atomic mass is 32.1. The van der Waals surface area contributed by atoms with Gasteiger partial charge in [-0.2, -0.15) is 0 Å². The van der Waals surface area contributed by atoms with Crippen molar-refractivity contribution in [2.75, 3.05) is 0 Å². The van der Waals surface area contributed by atoms with Crippen molar-refractivity contribution in [1.29, 1.82) is 0 Å². The van der Waals surface area contributed by atoms with Gasteiger partial charge in [0.1, 0.15) is 22.7 Å². The number of benzene rings is 6. The molecule has 0 radical (unpaired) electrons. The largest absolute Gasteiger partial charge is 0.292 e. The summed E-state index contributed by atoms with van der Waals surface area (Å²) < 4.78 is 4.52. The fourth-order valence-corrected chi connectivity index (χ4v) is 11.3. The number of para-hydroxylation sites is 6. The van der Waals surface area contributed by atoms with Crippen LogP contribution in [0.15, 0.2) is 158 Å². The fraction of sp³-hybridized carbons (Fsp3) is 0.154. The minimum absolute atomic E-state index is 0.000202. The lowest BCUT2D eigenvalue weighted by atomic mass is 9.70. The molecule has 2 aliphatic rings. The van der Waals surface area contributed by atoms with Gasteiger partial charge in [-0.15, -0.1) is 11.3 Å². The lowest BCUT2D eigenvalue weighted by Gasteiger charge is -2.34. The number of imidazole rings is 2. The Bertz CT molecular complexity index is 3250. The monoisotopic (exact) mass is 780 g/mol. The Hall–Kier alpha value is -6.70. The van der Waals surface area contributed by atoms with Crippen LogP contribution in [-0.4, -0.2) is 29.1 Å². The smallest absolute Gasteiger partial charge is 0.145 e. The van der Waals surface area contributed by atoms with Crippen LogP contribution in [-0.2, 0) is 5.41 Å². The van der Waals surface area contributed by atoms with E-state index in [0.29, 0.717) is 5.92 Å². The first-order valence-corrected chi connectivity index (χ1v) is 21.3. The molecular weight excluding hydrogens is 741 g/mol. The summed E-state index contributed by atoms with van der Waals surface area (Å²) in [5.74, 6) is 2.25. The summed E-state index contributed by atoms with van der Waals surface area (Å²) in [5, 5.41) is 0. The predicted molar refractivity (Wildman–Crippen MR) is 242 cm³/mol. The molecule has 4 heterocycles. The van der Waals surface area contributed by atoms with Crippen LogP contribution in [0.25, 0.3) is 88.1 Å². The highest BCUT2D eigenvalue weighted by Crippen LogP contribution is 2.67. The number of nitrogens with zero attached hydrogens (tertiary/aromatic N) is 6. The lowest BCUT2D eigenvalue weighted by Crippen LogP contribution is -2.31. The maximum Gasteiger partial charge on any atom is 0.145 e. The Labute approximate surface area is 346 Å². The van der Waals surface area contributed by atoms with E-state index in [1.54, 1.807) is 11.3 Å². The second-order valence-corrected chi connectivity index (χ2v) is 17.9. The molecule has 2 unspecified atom stereocenters. The second-order valence-electron chi connectivity index (χ2n) is 16.9. The van der Waals surface area contributed by atoms with Gasteiger partial charge in [-0.25, -0.2) is 19.9 Å². The first-order valence-electron chi connectivity index (χ1n) is 20.5. The van der Waals surface area contributed by atoms with Crippen LogP contribution in [0.1, 0.15) is 50.9 Å². The molecular formula is C52H40N6S. The molecule has 10 aromatic rings. The van der Waals surface area contributed by atoms with Gasteiger partial charge in [-0.1, -0.05) is 130 Å². The maximum atomic E-state index is 5.64. The second kappa shape index (κ2) is 12.6. The summed E-state index contributed by atoms with van der Waals surface area (Å²) >= 11 is 1.80. The molecule has 0 spiro atoms. The van der Waals surface area contributed by atoms with Gasteiger partial charge in [-0.3, -0.25) is 9.13 Å². The van der Waals surface area contributed by atoms with Crippen LogP contribution in [0, 0.1) is 5.41 Å². The van der Waals surface area contributed by atoms with Gasteiger partial charge in [0.25, 0.3) is 0 Å². The molecule has 6 nitrogen and oxygen atoms in total. The number of fused-ring (bicyclic) bond motifs is 8. The van der Waals surface area contributed by atoms with Crippen LogP contribution in [0.5, 0.6) is 0 Å². The van der Waals surface area contributed by atoms with Crippen LogP contribution in [0.3, 0.4) is 0 Å². The molecule has 2 bridgehead atoms. The molecule has 2 aliphatic carbocycles. The molecule has 0 amide bonds. The Kier molecular flexibility index (Phi) is 7.36. The Balaban J connectivity index is 0.998. The minimum atomic E-state index is -0.000202. The average Bonchev–Trinajstić information content (AvgIpc) is 4.06. The van der Waals surface area contributed by atoms with Gasteiger partial charge in [-0.05, 0) is 77.9 Å². The van der Waals surface area contributed by atoms with Crippen LogP contribution in [0.4, 0.5) is 0 Å². The summed E-state index contributed by atoms with van der Waals surface area (Å²) in [5.41, 5.74) is 15.2. The van der Waals surface area contributed by atoms with Crippen molar-refractivity contribution < 1.29 is 0 Å². The molecule has 12 rings (SSSR count). The van der Waals surface area contributed by atoms with E-state index < -0.39 is 0 Å². The summed E-state index contributed by atoms with van der Waals surface area (Å²) in [6, 6.07) is 55.5. The van der Waals surface area contributed by atoms with Gasteiger partial charge in [0.2, 0.25) is 0 Å². The standard InChI is InChI=1S/C52H40N6S/c1-51(2)38-30-31-52(51,3)48-43(38)55-44-45(56-48)47(33-24-28-35(29-25-33)50-54-40-19-11-13-21-42(40)58(50)37-16-8-5-9-17-37)59-46(44)32-22-26-34(27-23-32)49-53-39-18-10-12-20-41(39)57(49)36-14-6-4-7-15-36/h4-29,38H,30-31H2,1-3H3. The van der Waals surface area contributed by atoms with E-state index in [2.05, 4.69) is 188 Å². The quantitative estimate of drug-likeness (QED) is 0.169. The minimum Gasteiger partial charge on any atom is -0.292 e. The van der Waals surface area contributed by atoms with E-state index in [1.807, 2.05) is 0 Å². The van der Waals surface area contributed by atoms with E-state index in [-0.39, 0.29) is 10.8 Å². The van der Waals surface area contributed by atoms with E-state index in [4.69, 9.17) is 19.9 Å². The van der Waals surface area contributed by atoms with Crippen molar-refractivity contribution in [2.45, 2.75) is 44.9 Å². The third kappa shape index (κ3) is 4.98. The topological polar surface area (TPSA) is 61.4 Å². The molecule has 0 aliphatic heterocycles. The molecule has 2 atom stereocenters. The van der Waals surface area contributed by atoms with E-state index >= 15 is 0 Å². The number of hydrogen-bond donors (Lipinski definition) is 0. The molecule has 6 aromatic carbocycles. The molecule has 59 heavy (non-hydrogen) atoms. The zero-order valence-corrected chi connectivity index (χ0v) is 33.9. The van der Waals surface area contributed by atoms with E-state index in [1.165, 1.54) is 11.4 Å². The molecule has 4 aromatic heterocycles. The molecule has 1 fully saturated rings. The zero-order valence-electron chi connectivity index (χ0n) is 33.1. The third-order valence-corrected chi connectivity index (χ3v) is 14.9. The maximum absolute atomic E-state index is 5.64. The third-order valence-electron chi connectivity index (χ3n) is 13.6. The van der Waals surface area contributed by atoms with Crippen molar-refractivity contribution >= 4 is 44.4 Å². The van der Waals surface area contributed by atoms with Crippen molar-refractivity contribution in [2.24, 2.45) is 5.41 Å². The first-order chi connectivity index (χ1) is 28.9. The first kappa shape index (κ1) is 34.4. The predicted octanol–water partition coefficient (Wildman–Crippen LogP) is 13.2.